The van der Waals surface area contributed by atoms with Gasteiger partial charge in [0.2, 0.25) is 0 Å². The summed E-state index contributed by atoms with van der Waals surface area (Å²) in [6.07, 6.45) is 1.14. The molecule has 0 aliphatic carbocycles. The second kappa shape index (κ2) is 4.50. The van der Waals surface area contributed by atoms with E-state index in [9.17, 15) is 0 Å². The number of aryl methyl sites for hydroxylation is 1. The number of hydrogen-bond acceptors (Lipinski definition) is 1. The third kappa shape index (κ3) is 3.41. The Morgan fingerprint density at radius 3 is 2.21 bits per heavy atom. The zero-order valence-electron chi connectivity index (χ0n) is 9.63. The van der Waals surface area contributed by atoms with Crippen LogP contribution in [0.4, 0.5) is 0 Å². The molecule has 0 aliphatic heterocycles. The van der Waals surface area contributed by atoms with Gasteiger partial charge < -0.3 is 4.74 Å². The first-order valence-electron chi connectivity index (χ1n) is 5.23. The molecule has 0 saturated heterocycles. The highest BCUT2D eigenvalue weighted by Gasteiger charge is 2.15. The maximum Gasteiger partial charge on any atom is 0.119 e. The summed E-state index contributed by atoms with van der Waals surface area (Å²) in [6, 6.07) is 8.21. The monoisotopic (exact) mass is 192 g/mol. The van der Waals surface area contributed by atoms with E-state index in [1.165, 1.54) is 5.56 Å². The van der Waals surface area contributed by atoms with E-state index in [0.29, 0.717) is 0 Å². The van der Waals surface area contributed by atoms with Gasteiger partial charge in [-0.1, -0.05) is 38.5 Å². The minimum absolute atomic E-state index is 0.269. The summed E-state index contributed by atoms with van der Waals surface area (Å²) in [5.41, 5.74) is 1.54. The van der Waals surface area contributed by atoms with Gasteiger partial charge in [-0.05, 0) is 30.9 Å². The number of hydrogen-bond donors (Lipinski definition) is 0. The first kappa shape index (κ1) is 11.1. The molecule has 0 spiro atoms. The van der Waals surface area contributed by atoms with E-state index in [0.717, 1.165) is 18.8 Å². The first-order chi connectivity index (χ1) is 6.53. The Bertz CT molecular complexity index is 272. The van der Waals surface area contributed by atoms with Gasteiger partial charge in [-0.2, -0.15) is 0 Å². The fourth-order valence-electron chi connectivity index (χ4n) is 1.02. The van der Waals surface area contributed by atoms with E-state index in [2.05, 4.69) is 39.8 Å². The summed E-state index contributed by atoms with van der Waals surface area (Å²) in [4.78, 5) is 0. The number of benzene rings is 1. The molecule has 0 saturated carbocycles. The zero-order valence-corrected chi connectivity index (χ0v) is 9.63. The standard InChI is InChI=1S/C13H20O/c1-5-13(3,4)10-14-12-8-6-11(2)7-9-12/h6-9H,5,10H2,1-4H3. The lowest BCUT2D eigenvalue weighted by atomic mass is 9.92. The Morgan fingerprint density at radius 2 is 1.71 bits per heavy atom. The molecular formula is C13H20O. The smallest absolute Gasteiger partial charge is 0.119 e. The summed E-state index contributed by atoms with van der Waals surface area (Å²) in [7, 11) is 0. The van der Waals surface area contributed by atoms with Gasteiger partial charge in [-0.25, -0.2) is 0 Å². The Kier molecular flexibility index (Phi) is 3.56. The van der Waals surface area contributed by atoms with Gasteiger partial charge in [-0.3, -0.25) is 0 Å². The molecule has 1 heteroatoms. The lowest BCUT2D eigenvalue weighted by Gasteiger charge is -2.22. The van der Waals surface area contributed by atoms with Gasteiger partial charge in [0.15, 0.2) is 0 Å². The van der Waals surface area contributed by atoms with Gasteiger partial charge >= 0.3 is 0 Å². The predicted molar refractivity (Wildman–Crippen MR) is 60.7 cm³/mol. The van der Waals surface area contributed by atoms with Crippen molar-refractivity contribution >= 4 is 0 Å². The topological polar surface area (TPSA) is 9.23 Å². The SMILES string of the molecule is CCC(C)(C)COc1ccc(C)cc1. The Hall–Kier alpha value is -0.980. The lowest BCUT2D eigenvalue weighted by molar-refractivity contribution is 0.175. The second-order valence-corrected chi connectivity index (χ2v) is 4.62. The molecule has 0 N–H and O–H groups in total. The normalized spacial score (nSPS) is 11.4. The molecule has 0 atom stereocenters. The van der Waals surface area contributed by atoms with E-state index < -0.39 is 0 Å². The lowest BCUT2D eigenvalue weighted by Crippen LogP contribution is -2.20. The van der Waals surface area contributed by atoms with Crippen molar-refractivity contribution in [1.82, 2.24) is 0 Å². The Labute approximate surface area is 87.1 Å². The molecule has 0 amide bonds. The predicted octanol–water partition coefficient (Wildman–Crippen LogP) is 3.81. The summed E-state index contributed by atoms with van der Waals surface area (Å²) in [5, 5.41) is 0. The van der Waals surface area contributed by atoms with Crippen molar-refractivity contribution in [2.45, 2.75) is 34.1 Å². The van der Waals surface area contributed by atoms with E-state index in [-0.39, 0.29) is 5.41 Å². The van der Waals surface area contributed by atoms with Gasteiger partial charge in [0, 0.05) is 0 Å². The molecule has 0 aromatic heterocycles. The van der Waals surface area contributed by atoms with Crippen LogP contribution in [0.25, 0.3) is 0 Å². The van der Waals surface area contributed by atoms with E-state index >= 15 is 0 Å². The van der Waals surface area contributed by atoms with Crippen LogP contribution < -0.4 is 4.74 Å². The first-order valence-corrected chi connectivity index (χ1v) is 5.23. The van der Waals surface area contributed by atoms with Crippen LogP contribution in [0, 0.1) is 12.3 Å². The molecule has 0 fully saturated rings. The van der Waals surface area contributed by atoms with Crippen LogP contribution in [0.15, 0.2) is 24.3 Å². The highest BCUT2D eigenvalue weighted by molar-refractivity contribution is 5.26. The molecule has 1 aromatic rings. The maximum atomic E-state index is 5.72. The van der Waals surface area contributed by atoms with Gasteiger partial charge in [-0.15, -0.1) is 0 Å². The van der Waals surface area contributed by atoms with Gasteiger partial charge in [0.1, 0.15) is 5.75 Å². The van der Waals surface area contributed by atoms with Crippen molar-refractivity contribution in [2.75, 3.05) is 6.61 Å². The van der Waals surface area contributed by atoms with Crippen molar-refractivity contribution in [3.8, 4) is 5.75 Å². The van der Waals surface area contributed by atoms with Crippen molar-refractivity contribution in [3.05, 3.63) is 29.8 Å². The molecule has 0 bridgehead atoms. The average Bonchev–Trinajstić information content (AvgIpc) is 2.17. The van der Waals surface area contributed by atoms with Crippen LogP contribution in [0.2, 0.25) is 0 Å². The van der Waals surface area contributed by atoms with E-state index in [4.69, 9.17) is 4.74 Å². The van der Waals surface area contributed by atoms with E-state index in [1.807, 2.05) is 12.1 Å². The summed E-state index contributed by atoms with van der Waals surface area (Å²) in [5.74, 6) is 0.970. The highest BCUT2D eigenvalue weighted by Crippen LogP contribution is 2.21. The number of rotatable bonds is 4. The molecule has 1 rings (SSSR count). The van der Waals surface area contributed by atoms with Crippen molar-refractivity contribution in [3.63, 3.8) is 0 Å². The molecule has 1 nitrogen and oxygen atoms in total. The fraction of sp³-hybridized carbons (Fsp3) is 0.538. The van der Waals surface area contributed by atoms with Crippen molar-refractivity contribution in [1.29, 1.82) is 0 Å². The fourth-order valence-corrected chi connectivity index (χ4v) is 1.02. The average molecular weight is 192 g/mol. The van der Waals surface area contributed by atoms with Crippen LogP contribution in [-0.4, -0.2) is 6.61 Å². The summed E-state index contributed by atoms with van der Waals surface area (Å²) >= 11 is 0. The largest absolute Gasteiger partial charge is 0.493 e. The molecule has 0 unspecified atom stereocenters. The Morgan fingerprint density at radius 1 is 1.14 bits per heavy atom. The third-order valence-electron chi connectivity index (χ3n) is 2.61. The molecule has 0 radical (unpaired) electrons. The molecule has 0 aliphatic rings. The molecule has 1 aromatic carbocycles. The van der Waals surface area contributed by atoms with Crippen LogP contribution >= 0.6 is 0 Å². The zero-order chi connectivity index (χ0) is 10.6. The van der Waals surface area contributed by atoms with Crippen molar-refractivity contribution < 1.29 is 4.74 Å². The summed E-state index contributed by atoms with van der Waals surface area (Å²) in [6.45, 7) is 9.51. The quantitative estimate of drug-likeness (QED) is 0.705. The maximum absolute atomic E-state index is 5.72. The van der Waals surface area contributed by atoms with Crippen LogP contribution in [0.1, 0.15) is 32.8 Å². The van der Waals surface area contributed by atoms with E-state index in [1.54, 1.807) is 0 Å². The third-order valence-corrected chi connectivity index (χ3v) is 2.61. The molecular weight excluding hydrogens is 172 g/mol. The van der Waals surface area contributed by atoms with Gasteiger partial charge in [0.05, 0.1) is 6.61 Å². The number of ether oxygens (including phenoxy) is 1. The molecule has 78 valence electrons. The minimum Gasteiger partial charge on any atom is -0.493 e. The molecule has 14 heavy (non-hydrogen) atoms. The van der Waals surface area contributed by atoms with Gasteiger partial charge in [0.25, 0.3) is 0 Å². The van der Waals surface area contributed by atoms with Crippen LogP contribution in [0.3, 0.4) is 0 Å². The second-order valence-electron chi connectivity index (χ2n) is 4.62. The minimum atomic E-state index is 0.269. The Balaban J connectivity index is 2.50. The van der Waals surface area contributed by atoms with Crippen LogP contribution in [-0.2, 0) is 0 Å². The van der Waals surface area contributed by atoms with Crippen LogP contribution in [0.5, 0.6) is 5.75 Å². The highest BCUT2D eigenvalue weighted by atomic mass is 16.5. The molecule has 0 heterocycles. The summed E-state index contributed by atoms with van der Waals surface area (Å²) < 4.78 is 5.72. The van der Waals surface area contributed by atoms with Crippen molar-refractivity contribution in [2.24, 2.45) is 5.41 Å².